The number of aliphatic carboxylic acids is 1. The normalized spacial score (nSPS) is 21.6. The molecule has 0 spiro atoms. The number of allylic oxidation sites excluding steroid dienone is 2. The molecule has 21 heavy (non-hydrogen) atoms. The molecule has 2 heterocycles. The van der Waals surface area contributed by atoms with Crippen molar-refractivity contribution in [3.63, 3.8) is 0 Å². The van der Waals surface area contributed by atoms with Crippen molar-refractivity contribution in [3.05, 3.63) is 30.1 Å². The molecule has 0 fully saturated rings. The summed E-state index contributed by atoms with van der Waals surface area (Å²) in [6, 6.07) is 3.85. The molecule has 0 saturated carbocycles. The summed E-state index contributed by atoms with van der Waals surface area (Å²) in [5.74, 6) is 0.226. The Balaban J connectivity index is 2.00. The van der Waals surface area contributed by atoms with Crippen LogP contribution >= 0.6 is 0 Å². The first kappa shape index (κ1) is 13.6. The van der Waals surface area contributed by atoms with Crippen molar-refractivity contribution < 1.29 is 9.90 Å². The van der Waals surface area contributed by atoms with Gasteiger partial charge in [-0.05, 0) is 25.0 Å². The Hall–Kier alpha value is -2.37. The largest absolute Gasteiger partial charge is 0.481 e. The highest BCUT2D eigenvalue weighted by Crippen LogP contribution is 2.34. The molecule has 0 bridgehead atoms. The minimum Gasteiger partial charge on any atom is -0.481 e. The average Bonchev–Trinajstić information content (AvgIpc) is 2.89. The van der Waals surface area contributed by atoms with Gasteiger partial charge in [0.1, 0.15) is 11.6 Å². The second kappa shape index (κ2) is 5.20. The Bertz CT molecular complexity index is 705. The van der Waals surface area contributed by atoms with E-state index in [0.29, 0.717) is 24.3 Å². The molecule has 110 valence electrons. The Morgan fingerprint density at radius 1 is 1.29 bits per heavy atom. The van der Waals surface area contributed by atoms with Crippen LogP contribution in [0.5, 0.6) is 0 Å². The van der Waals surface area contributed by atoms with Gasteiger partial charge in [0.15, 0.2) is 5.65 Å². The maximum atomic E-state index is 11.4. The molecular weight excluding hydrogens is 268 g/mol. The van der Waals surface area contributed by atoms with Gasteiger partial charge in [0, 0.05) is 20.0 Å². The van der Waals surface area contributed by atoms with Crippen LogP contribution < -0.4 is 4.90 Å². The van der Waals surface area contributed by atoms with Gasteiger partial charge < -0.3 is 15.0 Å². The van der Waals surface area contributed by atoms with Crippen molar-refractivity contribution in [1.29, 1.82) is 0 Å². The van der Waals surface area contributed by atoms with Crippen molar-refractivity contribution in [2.45, 2.75) is 18.8 Å². The fourth-order valence-electron chi connectivity index (χ4n) is 2.72. The first-order valence-electron chi connectivity index (χ1n) is 6.98. The average molecular weight is 286 g/mol. The van der Waals surface area contributed by atoms with Gasteiger partial charge in [0.05, 0.1) is 11.4 Å². The van der Waals surface area contributed by atoms with Gasteiger partial charge in [-0.3, -0.25) is 4.79 Å². The number of aromatic nitrogens is 3. The molecule has 0 aromatic carbocycles. The zero-order valence-corrected chi connectivity index (χ0v) is 12.1. The number of H-pyrrole nitrogens is 1. The number of rotatable bonds is 3. The third kappa shape index (κ3) is 2.49. The number of nitrogens with zero attached hydrogens (tertiary/aromatic N) is 3. The quantitative estimate of drug-likeness (QED) is 0.845. The number of carbonyl (C=O) groups is 1. The molecule has 0 radical (unpaired) electrons. The summed E-state index contributed by atoms with van der Waals surface area (Å²) in [6.45, 7) is 0. The number of imidazole rings is 1. The second-order valence-corrected chi connectivity index (χ2v) is 5.55. The standard InChI is InChI=1S/C15H18N4O2/c1-19(2)12-8-7-11-14(17-12)18-13(16-11)9-5-3-4-6-10(9)15(20)21/h3-4,7-10H,5-6H2,1-2H3,(H,20,21)(H,16,17,18)/t9-,10+/m1/s1. The van der Waals surface area contributed by atoms with Gasteiger partial charge >= 0.3 is 5.97 Å². The van der Waals surface area contributed by atoms with E-state index in [2.05, 4.69) is 15.0 Å². The minimum atomic E-state index is -0.772. The number of anilines is 1. The number of aromatic amines is 1. The molecule has 0 saturated heterocycles. The number of hydrogen-bond donors (Lipinski definition) is 2. The van der Waals surface area contributed by atoms with Crippen LogP contribution in [0.25, 0.3) is 11.2 Å². The van der Waals surface area contributed by atoms with E-state index in [-0.39, 0.29) is 5.92 Å². The summed E-state index contributed by atoms with van der Waals surface area (Å²) in [5.41, 5.74) is 1.48. The third-order valence-electron chi connectivity index (χ3n) is 3.91. The number of hydrogen-bond acceptors (Lipinski definition) is 4. The van der Waals surface area contributed by atoms with E-state index in [0.717, 1.165) is 11.3 Å². The molecule has 2 N–H and O–H groups in total. The van der Waals surface area contributed by atoms with Crippen LogP contribution in [0.2, 0.25) is 0 Å². The molecule has 2 aromatic heterocycles. The highest BCUT2D eigenvalue weighted by atomic mass is 16.4. The molecule has 6 nitrogen and oxygen atoms in total. The van der Waals surface area contributed by atoms with Gasteiger partial charge in [-0.15, -0.1) is 0 Å². The SMILES string of the molecule is CN(C)c1ccc2[nH]c([C@@H]3CC=CC[C@@H]3C(=O)O)nc2n1. The molecule has 2 atom stereocenters. The van der Waals surface area contributed by atoms with E-state index in [1.165, 1.54) is 0 Å². The van der Waals surface area contributed by atoms with E-state index < -0.39 is 11.9 Å². The Kier molecular flexibility index (Phi) is 3.37. The summed E-state index contributed by atoms with van der Waals surface area (Å²) in [6.07, 6.45) is 5.20. The second-order valence-electron chi connectivity index (χ2n) is 5.55. The Labute approximate surface area is 122 Å². The molecular formula is C15H18N4O2. The molecule has 0 aliphatic heterocycles. The van der Waals surface area contributed by atoms with Crippen LogP contribution in [-0.2, 0) is 4.79 Å². The highest BCUT2D eigenvalue weighted by molar-refractivity contribution is 5.75. The zero-order valence-electron chi connectivity index (χ0n) is 12.1. The molecule has 1 aliphatic carbocycles. The van der Waals surface area contributed by atoms with Gasteiger partial charge in [0.2, 0.25) is 0 Å². The van der Waals surface area contributed by atoms with Crippen molar-refractivity contribution in [1.82, 2.24) is 15.0 Å². The number of carboxylic acid groups (broad SMARTS) is 1. The number of fused-ring (bicyclic) bond motifs is 1. The predicted octanol–water partition coefficient (Wildman–Crippen LogP) is 2.16. The lowest BCUT2D eigenvalue weighted by Gasteiger charge is -2.23. The van der Waals surface area contributed by atoms with E-state index in [1.54, 1.807) is 0 Å². The van der Waals surface area contributed by atoms with Crippen LogP contribution in [0.1, 0.15) is 24.6 Å². The van der Waals surface area contributed by atoms with E-state index >= 15 is 0 Å². The summed E-state index contributed by atoms with van der Waals surface area (Å²) < 4.78 is 0. The summed E-state index contributed by atoms with van der Waals surface area (Å²) >= 11 is 0. The highest BCUT2D eigenvalue weighted by Gasteiger charge is 2.32. The first-order valence-corrected chi connectivity index (χ1v) is 6.98. The fourth-order valence-corrected chi connectivity index (χ4v) is 2.72. The smallest absolute Gasteiger partial charge is 0.307 e. The lowest BCUT2D eigenvalue weighted by molar-refractivity contribution is -0.142. The minimum absolute atomic E-state index is 0.121. The van der Waals surface area contributed by atoms with Gasteiger partial charge in [-0.2, -0.15) is 0 Å². The summed E-state index contributed by atoms with van der Waals surface area (Å²) in [4.78, 5) is 25.5. The van der Waals surface area contributed by atoms with Crippen molar-refractivity contribution in [2.24, 2.45) is 5.92 Å². The van der Waals surface area contributed by atoms with Crippen molar-refractivity contribution in [3.8, 4) is 0 Å². The van der Waals surface area contributed by atoms with Crippen LogP contribution in [0, 0.1) is 5.92 Å². The lowest BCUT2D eigenvalue weighted by atomic mass is 9.82. The van der Waals surface area contributed by atoms with Crippen molar-refractivity contribution in [2.75, 3.05) is 19.0 Å². The number of carboxylic acids is 1. The van der Waals surface area contributed by atoms with Crippen LogP contribution in [0.15, 0.2) is 24.3 Å². The lowest BCUT2D eigenvalue weighted by Crippen LogP contribution is -2.24. The third-order valence-corrected chi connectivity index (χ3v) is 3.91. The van der Waals surface area contributed by atoms with E-state index in [9.17, 15) is 9.90 Å². The Morgan fingerprint density at radius 3 is 2.76 bits per heavy atom. The Morgan fingerprint density at radius 2 is 2.05 bits per heavy atom. The van der Waals surface area contributed by atoms with Gasteiger partial charge in [-0.25, -0.2) is 9.97 Å². The predicted molar refractivity (Wildman–Crippen MR) is 80.5 cm³/mol. The molecule has 1 aliphatic rings. The van der Waals surface area contributed by atoms with Crippen LogP contribution in [-0.4, -0.2) is 40.1 Å². The topological polar surface area (TPSA) is 82.1 Å². The van der Waals surface area contributed by atoms with Crippen molar-refractivity contribution >= 4 is 23.0 Å². The van der Waals surface area contributed by atoms with Crippen LogP contribution in [0.3, 0.4) is 0 Å². The summed E-state index contributed by atoms with van der Waals surface area (Å²) in [7, 11) is 3.85. The molecule has 0 amide bonds. The number of pyridine rings is 1. The summed E-state index contributed by atoms with van der Waals surface area (Å²) in [5, 5.41) is 9.36. The molecule has 6 heteroatoms. The maximum absolute atomic E-state index is 11.4. The van der Waals surface area contributed by atoms with Gasteiger partial charge in [0.25, 0.3) is 0 Å². The first-order chi connectivity index (χ1) is 10.1. The van der Waals surface area contributed by atoms with Crippen LogP contribution in [0.4, 0.5) is 5.82 Å². The fraction of sp³-hybridized carbons (Fsp3) is 0.400. The number of nitrogens with one attached hydrogen (secondary N) is 1. The van der Waals surface area contributed by atoms with E-state index in [1.807, 2.05) is 43.3 Å². The molecule has 0 unspecified atom stereocenters. The van der Waals surface area contributed by atoms with Gasteiger partial charge in [-0.1, -0.05) is 12.2 Å². The zero-order chi connectivity index (χ0) is 15.0. The van der Waals surface area contributed by atoms with E-state index in [4.69, 9.17) is 0 Å². The molecule has 2 aromatic rings. The monoisotopic (exact) mass is 286 g/mol. The maximum Gasteiger partial charge on any atom is 0.307 e. The molecule has 3 rings (SSSR count).